The van der Waals surface area contributed by atoms with Crippen molar-refractivity contribution in [1.82, 2.24) is 9.88 Å². The van der Waals surface area contributed by atoms with E-state index < -0.39 is 0 Å². The topological polar surface area (TPSA) is 54.5 Å². The molecule has 2 amide bonds. The summed E-state index contributed by atoms with van der Waals surface area (Å²) in [5.74, 6) is 0.805. The Morgan fingerprint density at radius 3 is 2.74 bits per heavy atom. The number of amides is 2. The summed E-state index contributed by atoms with van der Waals surface area (Å²) in [6.07, 6.45) is 3.52. The van der Waals surface area contributed by atoms with Crippen LogP contribution in [0.2, 0.25) is 0 Å². The van der Waals surface area contributed by atoms with Crippen LogP contribution in [0.5, 0.6) is 5.75 Å². The van der Waals surface area contributed by atoms with E-state index in [9.17, 15) is 4.79 Å². The van der Waals surface area contributed by atoms with Crippen LogP contribution in [0.4, 0.5) is 10.5 Å². The van der Waals surface area contributed by atoms with Crippen LogP contribution in [-0.4, -0.2) is 29.6 Å². The van der Waals surface area contributed by atoms with E-state index in [0.717, 1.165) is 22.6 Å². The summed E-state index contributed by atoms with van der Waals surface area (Å²) in [6.45, 7) is 6.52. The summed E-state index contributed by atoms with van der Waals surface area (Å²) in [7, 11) is 1.63. The van der Waals surface area contributed by atoms with Gasteiger partial charge in [0.1, 0.15) is 5.75 Å². The Bertz CT molecular complexity index is 659. The molecule has 1 N–H and O–H groups in total. The smallest absolute Gasteiger partial charge is 0.322 e. The molecule has 0 aliphatic carbocycles. The number of pyridine rings is 1. The highest BCUT2D eigenvalue weighted by Crippen LogP contribution is 2.23. The minimum absolute atomic E-state index is 0.0481. The zero-order chi connectivity index (χ0) is 16.8. The van der Waals surface area contributed by atoms with E-state index in [2.05, 4.69) is 10.3 Å². The van der Waals surface area contributed by atoms with Crippen LogP contribution in [0.15, 0.2) is 42.7 Å². The highest BCUT2D eigenvalue weighted by Gasteiger charge is 2.20. The lowest BCUT2D eigenvalue weighted by Gasteiger charge is -2.28. The Morgan fingerprint density at radius 1 is 1.39 bits per heavy atom. The zero-order valence-corrected chi connectivity index (χ0v) is 14.0. The van der Waals surface area contributed by atoms with Gasteiger partial charge in [-0.2, -0.15) is 0 Å². The number of nitrogens with one attached hydrogen (secondary N) is 1. The molecule has 2 aromatic rings. The number of anilines is 1. The average Bonchev–Trinajstić information content (AvgIpc) is 2.56. The van der Waals surface area contributed by atoms with Gasteiger partial charge in [-0.05, 0) is 56.2 Å². The van der Waals surface area contributed by atoms with E-state index in [4.69, 9.17) is 4.74 Å². The summed E-state index contributed by atoms with van der Waals surface area (Å²) >= 11 is 0. The Hall–Kier alpha value is -2.56. The molecule has 0 aliphatic heterocycles. The number of hydrogen-bond acceptors (Lipinski definition) is 3. The van der Waals surface area contributed by atoms with Crippen molar-refractivity contribution in [2.45, 2.75) is 26.8 Å². The van der Waals surface area contributed by atoms with Crippen molar-refractivity contribution in [2.24, 2.45) is 0 Å². The van der Waals surface area contributed by atoms with Gasteiger partial charge >= 0.3 is 6.03 Å². The van der Waals surface area contributed by atoms with Gasteiger partial charge in [0.2, 0.25) is 0 Å². The van der Waals surface area contributed by atoms with Crippen LogP contribution in [0.25, 0.3) is 0 Å². The first kappa shape index (κ1) is 16.8. The number of rotatable bonds is 5. The minimum Gasteiger partial charge on any atom is -0.496 e. The minimum atomic E-state index is -0.131. The van der Waals surface area contributed by atoms with Gasteiger partial charge in [0.25, 0.3) is 0 Å². The molecule has 1 atom stereocenters. The highest BCUT2D eigenvalue weighted by molar-refractivity contribution is 5.89. The Labute approximate surface area is 137 Å². The molecule has 5 nitrogen and oxygen atoms in total. The zero-order valence-electron chi connectivity index (χ0n) is 14.0. The second-order valence-corrected chi connectivity index (χ2v) is 5.36. The fourth-order valence-corrected chi connectivity index (χ4v) is 2.55. The van der Waals surface area contributed by atoms with Crippen molar-refractivity contribution >= 4 is 11.7 Å². The van der Waals surface area contributed by atoms with Crippen molar-refractivity contribution in [3.8, 4) is 5.75 Å². The van der Waals surface area contributed by atoms with Crippen molar-refractivity contribution in [1.29, 1.82) is 0 Å². The molecule has 0 radical (unpaired) electrons. The lowest BCUT2D eigenvalue weighted by atomic mass is 10.1. The molecule has 0 aliphatic rings. The van der Waals surface area contributed by atoms with Crippen molar-refractivity contribution in [3.05, 3.63) is 53.9 Å². The Kier molecular flexibility index (Phi) is 5.57. The molecule has 5 heteroatoms. The summed E-state index contributed by atoms with van der Waals surface area (Å²) in [6, 6.07) is 9.27. The van der Waals surface area contributed by atoms with Gasteiger partial charge in [-0.3, -0.25) is 4.98 Å². The number of aryl methyl sites for hydroxylation is 1. The first-order valence-electron chi connectivity index (χ1n) is 7.69. The molecule has 1 aromatic heterocycles. The lowest BCUT2D eigenvalue weighted by molar-refractivity contribution is 0.197. The number of ether oxygens (including phenoxy) is 1. The highest BCUT2D eigenvalue weighted by atomic mass is 16.5. The summed E-state index contributed by atoms with van der Waals surface area (Å²) in [4.78, 5) is 18.5. The molecule has 0 fully saturated rings. The summed E-state index contributed by atoms with van der Waals surface area (Å²) in [5.41, 5.74) is 2.74. The predicted octanol–water partition coefficient (Wildman–Crippen LogP) is 4.01. The SMILES string of the molecule is CCN(C(=O)Nc1ccc(OC)c(C)c1)C(C)c1cccnc1. The summed E-state index contributed by atoms with van der Waals surface area (Å²) < 4.78 is 5.24. The monoisotopic (exact) mass is 313 g/mol. The van der Waals surface area contributed by atoms with Gasteiger partial charge in [-0.25, -0.2) is 4.79 Å². The van der Waals surface area contributed by atoms with Gasteiger partial charge in [0.05, 0.1) is 13.2 Å². The van der Waals surface area contributed by atoms with E-state index in [1.165, 1.54) is 0 Å². The van der Waals surface area contributed by atoms with E-state index in [1.54, 1.807) is 24.4 Å². The number of benzene rings is 1. The molecule has 0 saturated carbocycles. The quantitative estimate of drug-likeness (QED) is 0.907. The maximum atomic E-state index is 12.6. The standard InChI is InChI=1S/C18H23N3O2/c1-5-21(14(3)15-7-6-10-19-12-15)18(22)20-16-8-9-17(23-4)13(2)11-16/h6-12,14H,5H2,1-4H3,(H,20,22). The van der Waals surface area contributed by atoms with Crippen LogP contribution in [0.3, 0.4) is 0 Å². The molecular formula is C18H23N3O2. The number of carbonyl (C=O) groups is 1. The van der Waals surface area contributed by atoms with Crippen LogP contribution in [0.1, 0.15) is 31.0 Å². The second-order valence-electron chi connectivity index (χ2n) is 5.36. The molecule has 0 saturated heterocycles. The van der Waals surface area contributed by atoms with Crippen LogP contribution < -0.4 is 10.1 Å². The predicted molar refractivity (Wildman–Crippen MR) is 91.8 cm³/mol. The number of aromatic nitrogens is 1. The molecule has 1 unspecified atom stereocenters. The fourth-order valence-electron chi connectivity index (χ4n) is 2.55. The second kappa shape index (κ2) is 7.63. The molecule has 2 rings (SSSR count). The molecule has 1 aromatic carbocycles. The van der Waals surface area contributed by atoms with Crippen molar-refractivity contribution in [3.63, 3.8) is 0 Å². The number of hydrogen-bond donors (Lipinski definition) is 1. The first-order chi connectivity index (χ1) is 11.1. The van der Waals surface area contributed by atoms with Gasteiger partial charge in [-0.1, -0.05) is 6.07 Å². The third kappa shape index (κ3) is 4.00. The van der Waals surface area contributed by atoms with E-state index in [0.29, 0.717) is 6.54 Å². The number of urea groups is 1. The molecule has 0 spiro atoms. The van der Waals surface area contributed by atoms with Crippen LogP contribution in [0, 0.1) is 6.92 Å². The average molecular weight is 313 g/mol. The van der Waals surface area contributed by atoms with Gasteiger partial charge in [0.15, 0.2) is 0 Å². The van der Waals surface area contributed by atoms with E-state index in [1.807, 2.05) is 51.1 Å². The number of carbonyl (C=O) groups excluding carboxylic acids is 1. The maximum Gasteiger partial charge on any atom is 0.322 e. The number of nitrogens with zero attached hydrogens (tertiary/aromatic N) is 2. The van der Waals surface area contributed by atoms with E-state index in [-0.39, 0.29) is 12.1 Å². The van der Waals surface area contributed by atoms with Gasteiger partial charge in [0, 0.05) is 24.6 Å². The van der Waals surface area contributed by atoms with Crippen molar-refractivity contribution in [2.75, 3.05) is 19.0 Å². The Morgan fingerprint density at radius 2 is 2.17 bits per heavy atom. The third-order valence-corrected chi connectivity index (χ3v) is 3.88. The molecular weight excluding hydrogens is 290 g/mol. The molecule has 1 heterocycles. The summed E-state index contributed by atoms with van der Waals surface area (Å²) in [5, 5.41) is 2.95. The third-order valence-electron chi connectivity index (χ3n) is 3.88. The first-order valence-corrected chi connectivity index (χ1v) is 7.69. The number of methoxy groups -OCH3 is 1. The van der Waals surface area contributed by atoms with Crippen LogP contribution in [-0.2, 0) is 0 Å². The van der Waals surface area contributed by atoms with Crippen LogP contribution >= 0.6 is 0 Å². The largest absolute Gasteiger partial charge is 0.496 e. The fraction of sp³-hybridized carbons (Fsp3) is 0.333. The molecule has 0 bridgehead atoms. The van der Waals surface area contributed by atoms with Crippen molar-refractivity contribution < 1.29 is 9.53 Å². The van der Waals surface area contributed by atoms with Gasteiger partial charge in [-0.15, -0.1) is 0 Å². The lowest BCUT2D eigenvalue weighted by Crippen LogP contribution is -2.36. The maximum absolute atomic E-state index is 12.6. The molecule has 122 valence electrons. The van der Waals surface area contributed by atoms with Gasteiger partial charge < -0.3 is 15.0 Å². The van der Waals surface area contributed by atoms with E-state index >= 15 is 0 Å². The normalized spacial score (nSPS) is 11.7. The molecule has 23 heavy (non-hydrogen) atoms. The Balaban J connectivity index is 2.12.